The second-order valence-corrected chi connectivity index (χ2v) is 6.47. The van der Waals surface area contributed by atoms with Crippen LogP contribution in [0.25, 0.3) is 0 Å². The molecule has 6 heteroatoms. The van der Waals surface area contributed by atoms with E-state index in [9.17, 15) is 0 Å². The number of aromatic nitrogens is 4. The largest absolute Gasteiger partial charge is 0.369 e. The summed E-state index contributed by atoms with van der Waals surface area (Å²) in [6.07, 6.45) is 6.09. The van der Waals surface area contributed by atoms with E-state index in [2.05, 4.69) is 49.8 Å². The van der Waals surface area contributed by atoms with Crippen molar-refractivity contribution in [2.75, 3.05) is 24.6 Å². The van der Waals surface area contributed by atoms with Crippen LogP contribution in [0, 0.1) is 5.92 Å². The molecule has 1 aliphatic heterocycles. The number of hydrogen-bond acceptors (Lipinski definition) is 5. The van der Waals surface area contributed by atoms with E-state index in [0.29, 0.717) is 18.3 Å². The summed E-state index contributed by atoms with van der Waals surface area (Å²) < 4.78 is 6.14. The van der Waals surface area contributed by atoms with Crippen molar-refractivity contribution in [2.24, 2.45) is 5.92 Å². The van der Waals surface area contributed by atoms with E-state index in [4.69, 9.17) is 4.74 Å². The highest BCUT2D eigenvalue weighted by Gasteiger charge is 2.35. The van der Waals surface area contributed by atoms with Crippen molar-refractivity contribution < 1.29 is 4.74 Å². The molecule has 1 atom stereocenters. The number of fused-ring (bicyclic) bond motifs is 1. The van der Waals surface area contributed by atoms with Crippen LogP contribution < -0.4 is 4.90 Å². The maximum atomic E-state index is 6.14. The number of H-pyrrole nitrogens is 1. The molecule has 4 rings (SSSR count). The molecule has 2 aromatic rings. The number of benzene rings is 1. The minimum absolute atomic E-state index is 0.00373. The van der Waals surface area contributed by atoms with E-state index in [1.807, 2.05) is 0 Å². The lowest BCUT2D eigenvalue weighted by Gasteiger charge is -2.25. The van der Waals surface area contributed by atoms with E-state index < -0.39 is 0 Å². The molecule has 122 valence electrons. The average molecular weight is 313 g/mol. The molecule has 0 bridgehead atoms. The highest BCUT2D eigenvalue weighted by atomic mass is 16.5. The molecule has 1 aromatic heterocycles. The van der Waals surface area contributed by atoms with Gasteiger partial charge in [-0.3, -0.25) is 0 Å². The number of ether oxygens (including phenoxy) is 1. The quantitative estimate of drug-likeness (QED) is 0.887. The zero-order chi connectivity index (χ0) is 15.5. The van der Waals surface area contributed by atoms with Gasteiger partial charge in [0.05, 0.1) is 6.61 Å². The third-order valence-corrected chi connectivity index (χ3v) is 4.78. The molecular formula is C17H23N5O. The lowest BCUT2D eigenvalue weighted by atomic mass is 10.1. The Balaban J connectivity index is 1.39. The fourth-order valence-corrected chi connectivity index (χ4v) is 3.40. The lowest BCUT2D eigenvalue weighted by Crippen LogP contribution is -2.29. The first-order valence-electron chi connectivity index (χ1n) is 8.59. The summed E-state index contributed by atoms with van der Waals surface area (Å²) in [5.74, 6) is 1.26. The van der Waals surface area contributed by atoms with Crippen molar-refractivity contribution in [3.63, 3.8) is 0 Å². The molecule has 0 radical (unpaired) electrons. The van der Waals surface area contributed by atoms with E-state index in [0.717, 1.165) is 13.1 Å². The van der Waals surface area contributed by atoms with Crippen LogP contribution in [-0.4, -0.2) is 40.3 Å². The number of anilines is 1. The maximum absolute atomic E-state index is 6.14. The van der Waals surface area contributed by atoms with E-state index in [-0.39, 0.29) is 6.10 Å². The number of nitrogens with one attached hydrogen (secondary N) is 1. The lowest BCUT2D eigenvalue weighted by molar-refractivity contribution is 0.0355. The van der Waals surface area contributed by atoms with E-state index >= 15 is 0 Å². The van der Waals surface area contributed by atoms with Gasteiger partial charge in [-0.05, 0) is 49.7 Å². The topological polar surface area (TPSA) is 66.9 Å². The Kier molecular flexibility index (Phi) is 4.24. The van der Waals surface area contributed by atoms with Crippen LogP contribution in [0.15, 0.2) is 24.3 Å². The van der Waals surface area contributed by atoms with Crippen molar-refractivity contribution in [1.82, 2.24) is 20.6 Å². The number of aryl methyl sites for hydroxylation is 1. The fraction of sp³-hybridized carbons (Fsp3) is 0.588. The number of rotatable bonds is 6. The molecule has 6 nitrogen and oxygen atoms in total. The molecule has 1 fully saturated rings. The SMILES string of the molecule is c1ccc2c(c1)CCCCN2CCOC(c1nn[nH]n1)C1CC1. The van der Waals surface area contributed by atoms with Crippen LogP contribution in [0.2, 0.25) is 0 Å². The van der Waals surface area contributed by atoms with Gasteiger partial charge in [-0.25, -0.2) is 0 Å². The Morgan fingerprint density at radius 2 is 2.17 bits per heavy atom. The first-order chi connectivity index (χ1) is 11.4. The summed E-state index contributed by atoms with van der Waals surface area (Å²) in [5, 5.41) is 14.4. The zero-order valence-corrected chi connectivity index (χ0v) is 13.3. The summed E-state index contributed by atoms with van der Waals surface area (Å²) in [7, 11) is 0. The zero-order valence-electron chi connectivity index (χ0n) is 13.3. The van der Waals surface area contributed by atoms with Gasteiger partial charge in [0, 0.05) is 18.8 Å². The molecule has 1 aromatic carbocycles. The normalized spacial score (nSPS) is 19.2. The molecule has 2 heterocycles. The Morgan fingerprint density at radius 3 is 3.00 bits per heavy atom. The molecule has 2 aliphatic rings. The van der Waals surface area contributed by atoms with Crippen molar-refractivity contribution in [3.05, 3.63) is 35.7 Å². The maximum Gasteiger partial charge on any atom is 0.203 e. The van der Waals surface area contributed by atoms with Gasteiger partial charge < -0.3 is 9.64 Å². The Hall–Kier alpha value is -1.95. The Labute approximate surface area is 136 Å². The number of tetrazole rings is 1. The molecule has 1 aliphatic carbocycles. The first kappa shape index (κ1) is 14.6. The monoisotopic (exact) mass is 313 g/mol. The number of para-hydroxylation sites is 1. The molecule has 1 unspecified atom stereocenters. The second kappa shape index (κ2) is 6.66. The molecule has 1 saturated carbocycles. The fourth-order valence-electron chi connectivity index (χ4n) is 3.40. The van der Waals surface area contributed by atoms with E-state index in [1.54, 1.807) is 0 Å². The van der Waals surface area contributed by atoms with Crippen molar-refractivity contribution in [3.8, 4) is 0 Å². The van der Waals surface area contributed by atoms with Gasteiger partial charge in [0.2, 0.25) is 5.82 Å². The van der Waals surface area contributed by atoms with Crippen LogP contribution >= 0.6 is 0 Å². The molecule has 0 amide bonds. The standard InChI is InChI=1S/C17H23N5O/c1-2-7-15-13(5-1)6-3-4-10-22(15)11-12-23-16(14-8-9-14)17-18-20-21-19-17/h1-2,5,7,14,16H,3-4,6,8-12H2,(H,18,19,20,21). The molecule has 23 heavy (non-hydrogen) atoms. The van der Waals surface area contributed by atoms with Gasteiger partial charge in [-0.1, -0.05) is 23.4 Å². The van der Waals surface area contributed by atoms with Gasteiger partial charge in [0.15, 0.2) is 0 Å². The summed E-state index contributed by atoms with van der Waals surface area (Å²) in [4.78, 5) is 2.46. The molecular weight excluding hydrogens is 290 g/mol. The van der Waals surface area contributed by atoms with Crippen LogP contribution in [0.5, 0.6) is 0 Å². The summed E-state index contributed by atoms with van der Waals surface area (Å²) in [5.41, 5.74) is 2.83. The smallest absolute Gasteiger partial charge is 0.203 e. The third-order valence-electron chi connectivity index (χ3n) is 4.78. The third kappa shape index (κ3) is 3.37. The number of aromatic amines is 1. The van der Waals surface area contributed by atoms with Gasteiger partial charge in [0.1, 0.15) is 6.10 Å². The summed E-state index contributed by atoms with van der Waals surface area (Å²) in [6, 6.07) is 8.75. The predicted octanol–water partition coefficient (Wildman–Crippen LogP) is 2.51. The van der Waals surface area contributed by atoms with Crippen molar-refractivity contribution in [1.29, 1.82) is 0 Å². The number of nitrogens with zero attached hydrogens (tertiary/aromatic N) is 4. The van der Waals surface area contributed by atoms with Crippen LogP contribution in [0.3, 0.4) is 0 Å². The van der Waals surface area contributed by atoms with Crippen LogP contribution in [-0.2, 0) is 11.2 Å². The molecule has 1 N–H and O–H groups in total. The first-order valence-corrected chi connectivity index (χ1v) is 8.59. The van der Waals surface area contributed by atoms with Crippen LogP contribution in [0.4, 0.5) is 5.69 Å². The summed E-state index contributed by atoms with van der Waals surface area (Å²) in [6.45, 7) is 2.72. The minimum Gasteiger partial charge on any atom is -0.369 e. The van der Waals surface area contributed by atoms with Gasteiger partial charge >= 0.3 is 0 Å². The highest BCUT2D eigenvalue weighted by Crippen LogP contribution is 2.42. The summed E-state index contributed by atoms with van der Waals surface area (Å²) >= 11 is 0. The Morgan fingerprint density at radius 1 is 1.26 bits per heavy atom. The highest BCUT2D eigenvalue weighted by molar-refractivity contribution is 5.54. The van der Waals surface area contributed by atoms with Gasteiger partial charge in [-0.2, -0.15) is 5.21 Å². The number of hydrogen-bond donors (Lipinski definition) is 1. The van der Waals surface area contributed by atoms with Crippen LogP contribution in [0.1, 0.15) is 43.2 Å². The molecule has 0 saturated heterocycles. The predicted molar refractivity (Wildman–Crippen MR) is 87.2 cm³/mol. The minimum atomic E-state index is -0.00373. The van der Waals surface area contributed by atoms with Crippen molar-refractivity contribution >= 4 is 5.69 Å². The molecule has 0 spiro atoms. The average Bonchev–Trinajstić information content (AvgIpc) is 3.32. The van der Waals surface area contributed by atoms with Gasteiger partial charge in [-0.15, -0.1) is 10.2 Å². The van der Waals surface area contributed by atoms with Crippen molar-refractivity contribution in [2.45, 2.75) is 38.2 Å². The second-order valence-electron chi connectivity index (χ2n) is 6.47. The Bertz CT molecular complexity index is 626. The van der Waals surface area contributed by atoms with E-state index in [1.165, 1.54) is 43.4 Å². The van der Waals surface area contributed by atoms with Gasteiger partial charge in [0.25, 0.3) is 0 Å².